The molecule has 2 rings (SSSR count). The molecule has 0 aromatic carbocycles. The van der Waals surface area contributed by atoms with Crippen molar-refractivity contribution in [2.24, 2.45) is 0 Å². The van der Waals surface area contributed by atoms with E-state index >= 15 is 0 Å². The van der Waals surface area contributed by atoms with Gasteiger partial charge in [0.2, 0.25) is 0 Å². The summed E-state index contributed by atoms with van der Waals surface area (Å²) < 4.78 is 20.7. The summed E-state index contributed by atoms with van der Waals surface area (Å²) >= 11 is 1.69. The number of nitrogens with one attached hydrogen (secondary N) is 1. The third-order valence-electron chi connectivity index (χ3n) is 3.07. The number of hydrogen-bond acceptors (Lipinski definition) is 5. The molecule has 7 nitrogen and oxygen atoms in total. The molecule has 106 valence electrons. The fourth-order valence-electron chi connectivity index (χ4n) is 2.00. The van der Waals surface area contributed by atoms with Gasteiger partial charge in [0.25, 0.3) is 5.56 Å². The quantitative estimate of drug-likeness (QED) is 0.573. The molecule has 1 aliphatic heterocycles. The third kappa shape index (κ3) is 2.35. The first kappa shape index (κ1) is 14.6. The number of nitrogens with zero attached hydrogens (tertiary/aromatic N) is 1. The van der Waals surface area contributed by atoms with Crippen LogP contribution in [0.1, 0.15) is 13.2 Å². The van der Waals surface area contributed by atoms with Crippen LogP contribution >= 0.6 is 22.6 Å². The van der Waals surface area contributed by atoms with Gasteiger partial charge in [-0.3, -0.25) is 14.3 Å². The summed E-state index contributed by atoms with van der Waals surface area (Å²) in [6, 6.07) is 0. The van der Waals surface area contributed by atoms with Gasteiger partial charge in [0.05, 0.1) is 10.2 Å². The average molecular weight is 386 g/mol. The van der Waals surface area contributed by atoms with Crippen molar-refractivity contribution in [3.8, 4) is 0 Å². The van der Waals surface area contributed by atoms with Crippen molar-refractivity contribution in [1.29, 1.82) is 0 Å². The zero-order chi connectivity index (χ0) is 14.4. The Morgan fingerprint density at radius 3 is 2.79 bits per heavy atom. The van der Waals surface area contributed by atoms with Gasteiger partial charge < -0.3 is 14.9 Å². The molecule has 2 heterocycles. The van der Waals surface area contributed by atoms with Crippen LogP contribution < -0.4 is 11.2 Å². The lowest BCUT2D eigenvalue weighted by molar-refractivity contribution is -0.0612. The number of H-pyrrole nitrogens is 1. The van der Waals surface area contributed by atoms with Crippen LogP contribution in [0.15, 0.2) is 15.8 Å². The highest BCUT2D eigenvalue weighted by Crippen LogP contribution is 2.40. The van der Waals surface area contributed by atoms with E-state index in [1.54, 1.807) is 22.6 Å². The summed E-state index contributed by atoms with van der Waals surface area (Å²) in [6.07, 6.45) is -2.97. The van der Waals surface area contributed by atoms with Crippen molar-refractivity contribution in [3.63, 3.8) is 0 Å². The minimum absolute atomic E-state index is 0.179. The SMILES string of the molecule is C[C@@]1(F)[C@H](O)[C@@H](CO)O[C@H]1n1cc(I)c(=O)[nH]c1=O. The highest BCUT2D eigenvalue weighted by Gasteiger charge is 2.55. The molecule has 1 saturated heterocycles. The summed E-state index contributed by atoms with van der Waals surface area (Å²) in [5, 5.41) is 18.7. The van der Waals surface area contributed by atoms with Crippen LogP contribution in [-0.2, 0) is 4.74 Å². The molecule has 9 heteroatoms. The van der Waals surface area contributed by atoms with Gasteiger partial charge >= 0.3 is 5.69 Å². The first-order valence-electron chi connectivity index (χ1n) is 5.43. The zero-order valence-electron chi connectivity index (χ0n) is 9.84. The smallest absolute Gasteiger partial charge is 0.330 e. The lowest BCUT2D eigenvalue weighted by Crippen LogP contribution is -2.44. The molecule has 0 spiro atoms. The van der Waals surface area contributed by atoms with E-state index in [1.165, 1.54) is 0 Å². The molecule has 0 bridgehead atoms. The van der Waals surface area contributed by atoms with Crippen molar-refractivity contribution in [2.45, 2.75) is 31.0 Å². The zero-order valence-corrected chi connectivity index (χ0v) is 12.0. The number of aromatic nitrogens is 2. The second-order valence-corrected chi connectivity index (χ2v) is 5.61. The predicted molar refractivity (Wildman–Crippen MR) is 70.6 cm³/mol. The fraction of sp³-hybridized carbons (Fsp3) is 0.600. The largest absolute Gasteiger partial charge is 0.394 e. The molecule has 19 heavy (non-hydrogen) atoms. The molecule has 1 aromatic heterocycles. The van der Waals surface area contributed by atoms with E-state index < -0.39 is 42.0 Å². The van der Waals surface area contributed by atoms with E-state index in [4.69, 9.17) is 9.84 Å². The number of aliphatic hydroxyl groups is 2. The second kappa shape index (κ2) is 4.96. The number of hydrogen-bond donors (Lipinski definition) is 3. The summed E-state index contributed by atoms with van der Waals surface area (Å²) in [4.78, 5) is 25.0. The average Bonchev–Trinajstić information content (AvgIpc) is 2.56. The lowest BCUT2D eigenvalue weighted by atomic mass is 9.98. The van der Waals surface area contributed by atoms with Crippen molar-refractivity contribution in [3.05, 3.63) is 30.6 Å². The Balaban J connectivity index is 2.51. The monoisotopic (exact) mass is 386 g/mol. The van der Waals surface area contributed by atoms with Crippen LogP contribution in [0.4, 0.5) is 4.39 Å². The molecule has 0 saturated carbocycles. The van der Waals surface area contributed by atoms with Crippen LogP contribution in [0.5, 0.6) is 0 Å². The van der Waals surface area contributed by atoms with Crippen molar-refractivity contribution in [2.75, 3.05) is 6.61 Å². The molecule has 0 amide bonds. The Kier molecular flexibility index (Phi) is 3.82. The van der Waals surface area contributed by atoms with Crippen LogP contribution in [0.25, 0.3) is 0 Å². The van der Waals surface area contributed by atoms with Gasteiger partial charge in [0.15, 0.2) is 11.9 Å². The number of aromatic amines is 1. The summed E-state index contributed by atoms with van der Waals surface area (Å²) in [7, 11) is 0. The first-order valence-corrected chi connectivity index (χ1v) is 6.51. The van der Waals surface area contributed by atoms with Gasteiger partial charge in [-0.2, -0.15) is 0 Å². The summed E-state index contributed by atoms with van der Waals surface area (Å²) in [6.45, 7) is 0.495. The van der Waals surface area contributed by atoms with Crippen LogP contribution in [0.3, 0.4) is 0 Å². The van der Waals surface area contributed by atoms with Gasteiger partial charge in [0, 0.05) is 6.20 Å². The maximum atomic E-state index is 14.5. The highest BCUT2D eigenvalue weighted by molar-refractivity contribution is 14.1. The Morgan fingerprint density at radius 2 is 2.26 bits per heavy atom. The van der Waals surface area contributed by atoms with E-state index in [9.17, 15) is 19.1 Å². The maximum absolute atomic E-state index is 14.5. The van der Waals surface area contributed by atoms with Gasteiger partial charge in [-0.05, 0) is 29.5 Å². The minimum Gasteiger partial charge on any atom is -0.394 e. The second-order valence-electron chi connectivity index (χ2n) is 4.45. The number of ether oxygens (including phenoxy) is 1. The highest BCUT2D eigenvalue weighted by atomic mass is 127. The Labute approximate surface area is 120 Å². The number of aliphatic hydroxyl groups excluding tert-OH is 2. The normalized spacial score (nSPS) is 34.7. The van der Waals surface area contributed by atoms with E-state index in [-0.39, 0.29) is 3.57 Å². The van der Waals surface area contributed by atoms with Crippen molar-refractivity contribution < 1.29 is 19.3 Å². The van der Waals surface area contributed by atoms with Gasteiger partial charge in [-0.25, -0.2) is 9.18 Å². The van der Waals surface area contributed by atoms with E-state index in [1.807, 2.05) is 4.98 Å². The molecule has 1 aliphatic rings. The fourth-order valence-corrected chi connectivity index (χ4v) is 2.43. The van der Waals surface area contributed by atoms with E-state index in [0.717, 1.165) is 17.7 Å². The molecular formula is C10H12FIN2O5. The van der Waals surface area contributed by atoms with Crippen LogP contribution in [0.2, 0.25) is 0 Å². The molecule has 0 aliphatic carbocycles. The summed E-state index contributed by atoms with van der Waals surface area (Å²) in [5.41, 5.74) is -3.69. The maximum Gasteiger partial charge on any atom is 0.330 e. The Morgan fingerprint density at radius 1 is 1.63 bits per heavy atom. The number of rotatable bonds is 2. The first-order chi connectivity index (χ1) is 8.78. The number of halogens is 2. The van der Waals surface area contributed by atoms with Gasteiger partial charge in [0.1, 0.15) is 12.2 Å². The molecule has 4 atom stereocenters. The minimum atomic E-state index is -2.27. The topological polar surface area (TPSA) is 105 Å². The molecule has 1 aromatic rings. The Bertz CT molecular complexity index is 598. The standard InChI is InChI=1S/C10H12FIN2O5/c1-10(11)6(16)5(3-15)19-8(10)14-2-4(12)7(17)13-9(14)18/h2,5-6,8,15-16H,3H2,1H3,(H,13,17,18)/t5-,6-,8-,10-/m1/s1. The van der Waals surface area contributed by atoms with Gasteiger partial charge in [-0.15, -0.1) is 0 Å². The van der Waals surface area contributed by atoms with Crippen molar-refractivity contribution >= 4 is 22.6 Å². The predicted octanol–water partition coefficient (Wildman–Crippen LogP) is -0.880. The molecular weight excluding hydrogens is 374 g/mol. The Hall–Kier alpha value is -0.780. The van der Waals surface area contributed by atoms with E-state index in [0.29, 0.717) is 0 Å². The molecule has 0 unspecified atom stereocenters. The van der Waals surface area contributed by atoms with Crippen molar-refractivity contribution in [1.82, 2.24) is 9.55 Å². The third-order valence-corrected chi connectivity index (χ3v) is 3.84. The summed E-state index contributed by atoms with van der Waals surface area (Å²) in [5.74, 6) is 0. The van der Waals surface area contributed by atoms with E-state index in [2.05, 4.69) is 0 Å². The number of alkyl halides is 1. The molecule has 3 N–H and O–H groups in total. The van der Waals surface area contributed by atoms with Crippen LogP contribution in [-0.4, -0.2) is 44.2 Å². The van der Waals surface area contributed by atoms with Gasteiger partial charge in [-0.1, -0.05) is 0 Å². The van der Waals surface area contributed by atoms with Crippen LogP contribution in [0, 0.1) is 3.57 Å². The lowest BCUT2D eigenvalue weighted by Gasteiger charge is -2.24. The molecule has 1 fully saturated rings. The molecule has 0 radical (unpaired) electrons.